The van der Waals surface area contributed by atoms with Gasteiger partial charge in [-0.1, -0.05) is 12.1 Å². The van der Waals surface area contributed by atoms with Crippen LogP contribution < -0.4 is 10.5 Å². The number of nitrogens with one attached hydrogen (secondary N) is 1. The summed E-state index contributed by atoms with van der Waals surface area (Å²) in [5, 5.41) is 9.61. The Labute approximate surface area is 135 Å². The minimum atomic E-state index is -3.66. The second kappa shape index (κ2) is 6.69. The fourth-order valence-electron chi connectivity index (χ4n) is 1.70. The molecule has 0 saturated carbocycles. The second-order valence-corrected chi connectivity index (χ2v) is 8.19. The molecule has 0 aliphatic heterocycles. The maximum atomic E-state index is 11.8. The smallest absolute Gasteiger partial charge is 0.252 e. The first kappa shape index (κ1) is 16.2. The van der Waals surface area contributed by atoms with Gasteiger partial charge in [0.15, 0.2) is 0 Å². The Balaban J connectivity index is 1.88. The van der Waals surface area contributed by atoms with E-state index in [9.17, 15) is 13.2 Å². The van der Waals surface area contributed by atoms with Gasteiger partial charge in [0, 0.05) is 11.9 Å². The third kappa shape index (κ3) is 4.63. The molecule has 1 aromatic carbocycles. The van der Waals surface area contributed by atoms with Gasteiger partial charge in [0.05, 0.1) is 14.2 Å². The van der Waals surface area contributed by atoms with Crippen LogP contribution in [0.1, 0.15) is 15.9 Å². The summed E-state index contributed by atoms with van der Waals surface area (Å²) in [4.78, 5) is 11.9. The van der Waals surface area contributed by atoms with Crippen LogP contribution in [0, 0.1) is 0 Å². The summed E-state index contributed by atoms with van der Waals surface area (Å²) in [5.74, 6) is -0.127. The lowest BCUT2D eigenvalue weighted by atomic mass is 10.1. The lowest BCUT2D eigenvalue weighted by Gasteiger charge is -2.05. The maximum absolute atomic E-state index is 11.8. The molecule has 1 amide bonds. The van der Waals surface area contributed by atoms with Crippen LogP contribution in [0.3, 0.4) is 0 Å². The summed E-state index contributed by atoms with van der Waals surface area (Å²) in [7, 11) is -3.66. The molecule has 1 aromatic heterocycles. The summed E-state index contributed by atoms with van der Waals surface area (Å²) in [6.45, 7) is 0.473. The van der Waals surface area contributed by atoms with E-state index < -0.39 is 10.0 Å². The van der Waals surface area contributed by atoms with E-state index in [0.717, 1.165) is 9.35 Å². The molecule has 1 heterocycles. The van der Waals surface area contributed by atoms with Gasteiger partial charge in [-0.25, -0.2) is 13.6 Å². The highest BCUT2D eigenvalue weighted by Crippen LogP contribution is 2.20. The third-order valence-corrected chi connectivity index (χ3v) is 5.21. The number of carbonyl (C=O) groups is 1. The van der Waals surface area contributed by atoms with E-state index in [4.69, 9.17) is 5.14 Å². The highest BCUT2D eigenvalue weighted by Gasteiger charge is 2.08. The SMILES string of the molecule is NS(=O)(=O)c1ccc(CCNC(=O)c2csc(Br)c2)cc1. The lowest BCUT2D eigenvalue weighted by molar-refractivity contribution is 0.0954. The van der Waals surface area contributed by atoms with Crippen LogP contribution in [0.2, 0.25) is 0 Å². The molecule has 0 unspecified atom stereocenters. The van der Waals surface area contributed by atoms with Gasteiger partial charge in [0.2, 0.25) is 10.0 Å². The Kier molecular flexibility index (Phi) is 5.15. The van der Waals surface area contributed by atoms with Crippen molar-refractivity contribution in [2.75, 3.05) is 6.54 Å². The van der Waals surface area contributed by atoms with Gasteiger partial charge in [-0.3, -0.25) is 4.79 Å². The zero-order valence-corrected chi connectivity index (χ0v) is 14.1. The Hall–Kier alpha value is -1.22. The summed E-state index contributed by atoms with van der Waals surface area (Å²) < 4.78 is 23.2. The zero-order valence-electron chi connectivity index (χ0n) is 10.9. The Morgan fingerprint density at radius 1 is 1.29 bits per heavy atom. The normalized spacial score (nSPS) is 11.3. The number of sulfonamides is 1. The van der Waals surface area contributed by atoms with Crippen LogP contribution in [-0.4, -0.2) is 20.9 Å². The van der Waals surface area contributed by atoms with E-state index >= 15 is 0 Å². The molecule has 2 aromatic rings. The molecule has 8 heteroatoms. The van der Waals surface area contributed by atoms with Crippen molar-refractivity contribution in [2.45, 2.75) is 11.3 Å². The van der Waals surface area contributed by atoms with Gasteiger partial charge in [0.25, 0.3) is 5.91 Å². The lowest BCUT2D eigenvalue weighted by Crippen LogP contribution is -2.25. The van der Waals surface area contributed by atoms with Crippen molar-refractivity contribution in [2.24, 2.45) is 5.14 Å². The van der Waals surface area contributed by atoms with Gasteiger partial charge in [-0.15, -0.1) is 11.3 Å². The predicted molar refractivity (Wildman–Crippen MR) is 85.9 cm³/mol. The minimum Gasteiger partial charge on any atom is -0.352 e. The number of thiophene rings is 1. The molecule has 21 heavy (non-hydrogen) atoms. The fourth-order valence-corrected chi connectivity index (χ4v) is 3.35. The van der Waals surface area contributed by atoms with Crippen molar-refractivity contribution in [3.63, 3.8) is 0 Å². The Bertz CT molecular complexity index is 739. The van der Waals surface area contributed by atoms with Crippen LogP contribution in [0.4, 0.5) is 0 Å². The molecule has 0 atom stereocenters. The van der Waals surface area contributed by atoms with Crippen molar-refractivity contribution in [3.05, 3.63) is 50.6 Å². The monoisotopic (exact) mass is 388 g/mol. The highest BCUT2D eigenvalue weighted by molar-refractivity contribution is 9.11. The summed E-state index contributed by atoms with van der Waals surface area (Å²) in [5.41, 5.74) is 1.55. The first-order valence-electron chi connectivity index (χ1n) is 6.00. The standard InChI is InChI=1S/C13H13BrN2O3S2/c14-12-7-10(8-20-12)13(17)16-6-5-9-1-3-11(4-2-9)21(15,18)19/h1-4,7-8H,5-6H2,(H,16,17)(H2,15,18,19). The molecular weight excluding hydrogens is 376 g/mol. The quantitative estimate of drug-likeness (QED) is 0.821. The van der Waals surface area contributed by atoms with Crippen LogP contribution in [-0.2, 0) is 16.4 Å². The average molecular weight is 389 g/mol. The molecule has 0 bridgehead atoms. The molecule has 0 fully saturated rings. The number of carbonyl (C=O) groups excluding carboxylic acids is 1. The molecule has 0 saturated heterocycles. The number of rotatable bonds is 5. The van der Waals surface area contributed by atoms with Gasteiger partial charge in [-0.2, -0.15) is 0 Å². The number of nitrogens with two attached hydrogens (primary N) is 1. The van der Waals surface area contributed by atoms with Crippen LogP contribution in [0.5, 0.6) is 0 Å². The number of amides is 1. The number of benzene rings is 1. The number of primary sulfonamides is 1. The van der Waals surface area contributed by atoms with Crippen molar-refractivity contribution in [1.29, 1.82) is 0 Å². The molecule has 0 aliphatic rings. The second-order valence-electron chi connectivity index (χ2n) is 4.33. The first-order valence-corrected chi connectivity index (χ1v) is 9.22. The van der Waals surface area contributed by atoms with E-state index in [1.807, 2.05) is 0 Å². The molecule has 112 valence electrons. The molecule has 2 rings (SSSR count). The van der Waals surface area contributed by atoms with E-state index in [0.29, 0.717) is 18.5 Å². The van der Waals surface area contributed by atoms with Crippen LogP contribution >= 0.6 is 27.3 Å². The Morgan fingerprint density at radius 3 is 2.48 bits per heavy atom. The summed E-state index contributed by atoms with van der Waals surface area (Å²) in [6, 6.07) is 8.06. The number of hydrogen-bond acceptors (Lipinski definition) is 4. The third-order valence-electron chi connectivity index (χ3n) is 2.78. The Morgan fingerprint density at radius 2 is 1.95 bits per heavy atom. The molecular formula is C13H13BrN2O3S2. The predicted octanol–water partition coefficient (Wildman–Crippen LogP) is 2.13. The van der Waals surface area contributed by atoms with Gasteiger partial charge in [0.1, 0.15) is 0 Å². The molecule has 0 radical (unpaired) electrons. The zero-order chi connectivity index (χ0) is 15.5. The van der Waals surface area contributed by atoms with Gasteiger partial charge < -0.3 is 5.32 Å². The van der Waals surface area contributed by atoms with Gasteiger partial charge >= 0.3 is 0 Å². The molecule has 3 N–H and O–H groups in total. The van der Waals surface area contributed by atoms with Crippen molar-refractivity contribution >= 4 is 43.2 Å². The molecule has 0 spiro atoms. The van der Waals surface area contributed by atoms with E-state index in [1.165, 1.54) is 23.5 Å². The van der Waals surface area contributed by atoms with E-state index in [2.05, 4.69) is 21.2 Å². The number of halogens is 1. The summed E-state index contributed by atoms with van der Waals surface area (Å²) >= 11 is 4.76. The first-order chi connectivity index (χ1) is 9.86. The maximum Gasteiger partial charge on any atom is 0.252 e. The average Bonchev–Trinajstić information content (AvgIpc) is 2.85. The molecule has 0 aliphatic carbocycles. The van der Waals surface area contributed by atoms with Crippen molar-refractivity contribution in [3.8, 4) is 0 Å². The van der Waals surface area contributed by atoms with E-state index in [-0.39, 0.29) is 10.8 Å². The van der Waals surface area contributed by atoms with Gasteiger partial charge in [-0.05, 0) is 46.1 Å². The molecule has 5 nitrogen and oxygen atoms in total. The summed E-state index contributed by atoms with van der Waals surface area (Å²) in [6.07, 6.45) is 0.613. The highest BCUT2D eigenvalue weighted by atomic mass is 79.9. The van der Waals surface area contributed by atoms with Crippen molar-refractivity contribution < 1.29 is 13.2 Å². The number of hydrogen-bond donors (Lipinski definition) is 2. The van der Waals surface area contributed by atoms with Crippen LogP contribution in [0.25, 0.3) is 0 Å². The van der Waals surface area contributed by atoms with Crippen molar-refractivity contribution in [1.82, 2.24) is 5.32 Å². The fraction of sp³-hybridized carbons (Fsp3) is 0.154. The minimum absolute atomic E-state index is 0.0819. The van der Waals surface area contributed by atoms with Crippen LogP contribution in [0.15, 0.2) is 44.4 Å². The largest absolute Gasteiger partial charge is 0.352 e. The topological polar surface area (TPSA) is 89.3 Å². The van der Waals surface area contributed by atoms with E-state index in [1.54, 1.807) is 23.6 Å².